The van der Waals surface area contributed by atoms with Gasteiger partial charge >= 0.3 is 0 Å². The Bertz CT molecular complexity index is 454. The number of benzene rings is 1. The van der Waals surface area contributed by atoms with Crippen molar-refractivity contribution >= 4 is 5.91 Å². The Hall–Kier alpha value is -1.35. The fraction of sp³-hybridized carbons (Fsp3) is 0.632. The molecule has 1 aromatic rings. The summed E-state index contributed by atoms with van der Waals surface area (Å²) >= 11 is 0. The van der Waals surface area contributed by atoms with E-state index in [1.165, 1.54) is 32.1 Å². The lowest BCUT2D eigenvalue weighted by molar-refractivity contribution is -0.123. The second-order valence-corrected chi connectivity index (χ2v) is 6.72. The lowest BCUT2D eigenvalue weighted by Gasteiger charge is -2.30. The van der Waals surface area contributed by atoms with Crippen LogP contribution in [-0.2, 0) is 4.79 Å². The van der Waals surface area contributed by atoms with Crippen LogP contribution in [0.2, 0.25) is 0 Å². The molecule has 0 aliphatic heterocycles. The largest absolute Gasteiger partial charge is 0.348 e. The van der Waals surface area contributed by atoms with Gasteiger partial charge in [-0.3, -0.25) is 4.79 Å². The lowest BCUT2D eigenvalue weighted by atomic mass is 9.84. The number of carbonyl (C=O) groups excluding carboxylic acids is 1. The average molecular weight is 302 g/mol. The summed E-state index contributed by atoms with van der Waals surface area (Å²) in [6, 6.07) is 10.4. The predicted octanol–water partition coefficient (Wildman–Crippen LogP) is 3.81. The first-order chi connectivity index (χ1) is 10.6. The maximum Gasteiger partial charge on any atom is 0.237 e. The van der Waals surface area contributed by atoms with Crippen LogP contribution in [0.1, 0.15) is 64.5 Å². The van der Waals surface area contributed by atoms with E-state index >= 15 is 0 Å². The molecule has 0 unspecified atom stereocenters. The summed E-state index contributed by atoms with van der Waals surface area (Å²) in [7, 11) is 0. The molecule has 0 saturated heterocycles. The van der Waals surface area contributed by atoms with E-state index < -0.39 is 0 Å². The van der Waals surface area contributed by atoms with Gasteiger partial charge in [-0.25, -0.2) is 0 Å². The molecule has 22 heavy (non-hydrogen) atoms. The molecular formula is C19H30N2O. The van der Waals surface area contributed by atoms with E-state index in [9.17, 15) is 4.79 Å². The monoisotopic (exact) mass is 302 g/mol. The van der Waals surface area contributed by atoms with E-state index in [4.69, 9.17) is 0 Å². The Balaban J connectivity index is 1.81. The standard InChI is InChI=1S/C19H30N2O/c1-14(17-10-6-4-7-11-17)20-16(3)19(22)21-15(2)18-12-8-5-9-13-18/h5,8-9,12-17,20H,4,6-7,10-11H2,1-3H3,(H,21,22)/t14-,15-,16+/m1/s1. The first-order valence-corrected chi connectivity index (χ1v) is 8.69. The Morgan fingerprint density at radius 2 is 1.68 bits per heavy atom. The normalized spacial score (nSPS) is 20.1. The molecule has 1 aliphatic rings. The highest BCUT2D eigenvalue weighted by Gasteiger charge is 2.24. The summed E-state index contributed by atoms with van der Waals surface area (Å²) in [4.78, 5) is 12.4. The number of carbonyl (C=O) groups is 1. The summed E-state index contributed by atoms with van der Waals surface area (Å²) in [5.41, 5.74) is 1.14. The first-order valence-electron chi connectivity index (χ1n) is 8.69. The minimum absolute atomic E-state index is 0.0444. The molecule has 1 saturated carbocycles. The second kappa shape index (κ2) is 8.33. The van der Waals surface area contributed by atoms with Crippen molar-refractivity contribution in [2.75, 3.05) is 0 Å². The smallest absolute Gasteiger partial charge is 0.237 e. The highest BCUT2D eigenvalue weighted by molar-refractivity contribution is 5.81. The van der Waals surface area contributed by atoms with Crippen LogP contribution in [0.25, 0.3) is 0 Å². The van der Waals surface area contributed by atoms with E-state index in [1.54, 1.807) is 0 Å². The molecule has 3 heteroatoms. The third-order valence-corrected chi connectivity index (χ3v) is 4.92. The van der Waals surface area contributed by atoms with E-state index in [1.807, 2.05) is 44.2 Å². The van der Waals surface area contributed by atoms with Crippen molar-refractivity contribution in [3.8, 4) is 0 Å². The van der Waals surface area contributed by atoms with Gasteiger partial charge in [0, 0.05) is 6.04 Å². The zero-order valence-corrected chi connectivity index (χ0v) is 14.1. The van der Waals surface area contributed by atoms with Crippen LogP contribution >= 0.6 is 0 Å². The van der Waals surface area contributed by atoms with Gasteiger partial charge in [0.1, 0.15) is 0 Å². The Morgan fingerprint density at radius 3 is 2.32 bits per heavy atom. The number of amides is 1. The molecule has 2 N–H and O–H groups in total. The van der Waals surface area contributed by atoms with Crippen LogP contribution in [0, 0.1) is 5.92 Å². The molecule has 0 heterocycles. The van der Waals surface area contributed by atoms with Gasteiger partial charge in [-0.2, -0.15) is 0 Å². The molecule has 0 bridgehead atoms. The molecule has 0 radical (unpaired) electrons. The van der Waals surface area contributed by atoms with Crippen molar-refractivity contribution in [1.82, 2.24) is 10.6 Å². The van der Waals surface area contributed by atoms with Gasteiger partial charge in [-0.15, -0.1) is 0 Å². The molecule has 1 fully saturated rings. The summed E-state index contributed by atoms with van der Waals surface area (Å²) in [5, 5.41) is 6.60. The zero-order valence-electron chi connectivity index (χ0n) is 14.1. The molecule has 1 aliphatic carbocycles. The lowest BCUT2D eigenvalue weighted by Crippen LogP contribution is -2.48. The predicted molar refractivity (Wildman–Crippen MR) is 91.6 cm³/mol. The Morgan fingerprint density at radius 1 is 1.05 bits per heavy atom. The molecule has 3 nitrogen and oxygen atoms in total. The zero-order chi connectivity index (χ0) is 15.9. The van der Waals surface area contributed by atoms with Gasteiger partial charge in [-0.1, -0.05) is 49.6 Å². The first kappa shape index (κ1) is 17.0. The highest BCUT2D eigenvalue weighted by atomic mass is 16.2. The summed E-state index contributed by atoms with van der Waals surface area (Å²) in [5.74, 6) is 0.801. The van der Waals surface area contributed by atoms with Crippen LogP contribution in [-0.4, -0.2) is 18.0 Å². The van der Waals surface area contributed by atoms with E-state index in [2.05, 4.69) is 17.6 Å². The minimum Gasteiger partial charge on any atom is -0.348 e. The molecule has 122 valence electrons. The molecule has 1 amide bonds. The van der Waals surface area contributed by atoms with Crippen molar-refractivity contribution < 1.29 is 4.79 Å². The van der Waals surface area contributed by atoms with Crippen LogP contribution in [0.4, 0.5) is 0 Å². The van der Waals surface area contributed by atoms with Crippen molar-refractivity contribution in [3.05, 3.63) is 35.9 Å². The van der Waals surface area contributed by atoms with Crippen molar-refractivity contribution in [2.24, 2.45) is 5.92 Å². The molecule has 0 spiro atoms. The van der Waals surface area contributed by atoms with Gasteiger partial charge in [0.25, 0.3) is 0 Å². The van der Waals surface area contributed by atoms with Crippen LogP contribution in [0.5, 0.6) is 0 Å². The van der Waals surface area contributed by atoms with Gasteiger partial charge in [-0.05, 0) is 45.1 Å². The fourth-order valence-electron chi connectivity index (χ4n) is 3.40. The van der Waals surface area contributed by atoms with Gasteiger partial charge in [0.2, 0.25) is 5.91 Å². The van der Waals surface area contributed by atoms with E-state index in [0.29, 0.717) is 6.04 Å². The average Bonchev–Trinajstić information content (AvgIpc) is 2.56. The molecule has 1 aromatic carbocycles. The maximum absolute atomic E-state index is 12.4. The van der Waals surface area contributed by atoms with Crippen molar-refractivity contribution in [1.29, 1.82) is 0 Å². The Labute approximate surface area is 134 Å². The van der Waals surface area contributed by atoms with Gasteiger partial charge in [0.05, 0.1) is 12.1 Å². The van der Waals surface area contributed by atoms with Gasteiger partial charge in [0.15, 0.2) is 0 Å². The number of hydrogen-bond acceptors (Lipinski definition) is 2. The summed E-state index contributed by atoms with van der Waals surface area (Å²) in [6.07, 6.45) is 6.63. The number of hydrogen-bond donors (Lipinski definition) is 2. The quantitative estimate of drug-likeness (QED) is 0.839. The number of rotatable bonds is 6. The Kier molecular flexibility index (Phi) is 6.44. The van der Waals surface area contributed by atoms with Gasteiger partial charge < -0.3 is 10.6 Å². The van der Waals surface area contributed by atoms with E-state index in [0.717, 1.165) is 11.5 Å². The molecule has 2 rings (SSSR count). The third kappa shape index (κ3) is 4.84. The fourth-order valence-corrected chi connectivity index (χ4v) is 3.40. The highest BCUT2D eigenvalue weighted by Crippen LogP contribution is 2.26. The summed E-state index contributed by atoms with van der Waals surface area (Å²) in [6.45, 7) is 6.22. The topological polar surface area (TPSA) is 41.1 Å². The molecule has 3 atom stereocenters. The van der Waals surface area contributed by atoms with Crippen LogP contribution in [0.3, 0.4) is 0 Å². The maximum atomic E-state index is 12.4. The van der Waals surface area contributed by atoms with Crippen molar-refractivity contribution in [2.45, 2.75) is 71.0 Å². The minimum atomic E-state index is -0.150. The molecule has 0 aromatic heterocycles. The van der Waals surface area contributed by atoms with E-state index in [-0.39, 0.29) is 18.0 Å². The summed E-state index contributed by atoms with van der Waals surface area (Å²) < 4.78 is 0. The van der Waals surface area contributed by atoms with Crippen LogP contribution < -0.4 is 10.6 Å². The SMILES string of the molecule is C[C@H](N[C@H](C)C1CCCCC1)C(=O)N[C@H](C)c1ccccc1. The molecular weight excluding hydrogens is 272 g/mol. The van der Waals surface area contributed by atoms with Crippen molar-refractivity contribution in [3.63, 3.8) is 0 Å². The van der Waals surface area contributed by atoms with Crippen LogP contribution in [0.15, 0.2) is 30.3 Å². The third-order valence-electron chi connectivity index (χ3n) is 4.92. The second-order valence-electron chi connectivity index (χ2n) is 6.72. The number of nitrogens with one attached hydrogen (secondary N) is 2.